The number of hydrogen-bond acceptors (Lipinski definition) is 1. The maximum Gasteiger partial charge on any atom is 0.0737 e. The Labute approximate surface area is 102 Å². The molecule has 0 heterocycles. The van der Waals surface area contributed by atoms with Crippen molar-refractivity contribution >= 4 is 23.2 Å². The fraction of sp³-hybridized carbons (Fsp3) is 0.500. The fourth-order valence-corrected chi connectivity index (χ4v) is 2.08. The van der Waals surface area contributed by atoms with Crippen LogP contribution in [-0.2, 0) is 0 Å². The van der Waals surface area contributed by atoms with Crippen molar-refractivity contribution in [2.75, 3.05) is 19.5 Å². The molecule has 0 radical (unpaired) electrons. The van der Waals surface area contributed by atoms with Crippen molar-refractivity contribution in [3.8, 4) is 0 Å². The van der Waals surface area contributed by atoms with Crippen LogP contribution in [0.5, 0.6) is 0 Å². The van der Waals surface area contributed by atoms with E-state index in [0.29, 0.717) is 5.88 Å². The molecule has 2 atom stereocenters. The van der Waals surface area contributed by atoms with Crippen LogP contribution in [0.3, 0.4) is 0 Å². The Bertz CT molecular complexity index is 276. The highest BCUT2D eigenvalue weighted by Gasteiger charge is 2.19. The Balaban J connectivity index is 2.64. The van der Waals surface area contributed by atoms with Crippen LogP contribution in [0.1, 0.15) is 17.9 Å². The standard InChI is InChI=1S/C12H17Cl2N/c1-10(15(2)9-8-13)12(14)11-6-4-3-5-7-11/h3-7,10,12H,8-9H2,1-2H3/t10-,12-/m0/s1. The molecule has 0 amide bonds. The summed E-state index contributed by atoms with van der Waals surface area (Å²) in [5.41, 5.74) is 1.16. The van der Waals surface area contributed by atoms with Gasteiger partial charge in [-0.3, -0.25) is 0 Å². The molecule has 1 aromatic rings. The minimum absolute atomic E-state index is 0.0133. The zero-order chi connectivity index (χ0) is 11.3. The highest BCUT2D eigenvalue weighted by molar-refractivity contribution is 6.21. The summed E-state index contributed by atoms with van der Waals surface area (Å²) in [7, 11) is 2.05. The lowest BCUT2D eigenvalue weighted by Crippen LogP contribution is -2.33. The van der Waals surface area contributed by atoms with Gasteiger partial charge in [-0.1, -0.05) is 30.3 Å². The van der Waals surface area contributed by atoms with Gasteiger partial charge < -0.3 is 4.90 Å². The van der Waals surface area contributed by atoms with Crippen molar-refractivity contribution in [2.45, 2.75) is 18.3 Å². The molecular formula is C12H17Cl2N. The molecule has 0 saturated carbocycles. The SMILES string of the molecule is C[C@@H]([C@H](Cl)c1ccccc1)N(C)CCCl. The van der Waals surface area contributed by atoms with Crippen molar-refractivity contribution in [2.24, 2.45) is 0 Å². The van der Waals surface area contributed by atoms with Crippen LogP contribution in [0.2, 0.25) is 0 Å². The summed E-state index contributed by atoms with van der Waals surface area (Å²) in [5, 5.41) is 0.0133. The highest BCUT2D eigenvalue weighted by Crippen LogP contribution is 2.26. The zero-order valence-electron chi connectivity index (χ0n) is 9.16. The van der Waals surface area contributed by atoms with Gasteiger partial charge in [0, 0.05) is 18.5 Å². The zero-order valence-corrected chi connectivity index (χ0v) is 10.7. The van der Waals surface area contributed by atoms with Crippen LogP contribution >= 0.6 is 23.2 Å². The summed E-state index contributed by atoms with van der Waals surface area (Å²) in [6, 6.07) is 10.4. The third kappa shape index (κ3) is 3.67. The number of nitrogens with zero attached hydrogens (tertiary/aromatic N) is 1. The molecule has 1 aromatic carbocycles. The first-order chi connectivity index (χ1) is 7.16. The van der Waals surface area contributed by atoms with E-state index >= 15 is 0 Å². The van der Waals surface area contributed by atoms with Crippen molar-refractivity contribution in [3.63, 3.8) is 0 Å². The van der Waals surface area contributed by atoms with Gasteiger partial charge in [0.1, 0.15) is 0 Å². The van der Waals surface area contributed by atoms with E-state index in [9.17, 15) is 0 Å². The Morgan fingerprint density at radius 2 is 1.87 bits per heavy atom. The highest BCUT2D eigenvalue weighted by atomic mass is 35.5. The smallest absolute Gasteiger partial charge is 0.0737 e. The molecule has 3 heteroatoms. The number of alkyl halides is 2. The van der Waals surface area contributed by atoms with E-state index < -0.39 is 0 Å². The molecule has 0 fully saturated rings. The summed E-state index contributed by atoms with van der Waals surface area (Å²) in [6.45, 7) is 2.98. The monoisotopic (exact) mass is 245 g/mol. The fourth-order valence-electron chi connectivity index (χ4n) is 1.48. The van der Waals surface area contributed by atoms with Gasteiger partial charge in [0.05, 0.1) is 5.38 Å². The van der Waals surface area contributed by atoms with Gasteiger partial charge in [-0.15, -0.1) is 23.2 Å². The minimum atomic E-state index is 0.0133. The van der Waals surface area contributed by atoms with Crippen molar-refractivity contribution in [1.82, 2.24) is 4.90 Å². The van der Waals surface area contributed by atoms with E-state index in [4.69, 9.17) is 23.2 Å². The number of halogens is 2. The lowest BCUT2D eigenvalue weighted by Gasteiger charge is -2.28. The van der Waals surface area contributed by atoms with Gasteiger partial charge in [0.25, 0.3) is 0 Å². The number of rotatable bonds is 5. The van der Waals surface area contributed by atoms with Gasteiger partial charge in [0.2, 0.25) is 0 Å². The Morgan fingerprint density at radius 3 is 2.40 bits per heavy atom. The summed E-state index contributed by atoms with van der Waals surface area (Å²) in [5.74, 6) is 0.638. The lowest BCUT2D eigenvalue weighted by molar-refractivity contribution is 0.266. The van der Waals surface area contributed by atoms with E-state index in [1.54, 1.807) is 0 Å². The molecule has 0 spiro atoms. The minimum Gasteiger partial charge on any atom is -0.301 e. The maximum absolute atomic E-state index is 6.40. The molecule has 0 saturated heterocycles. The second kappa shape index (κ2) is 6.37. The van der Waals surface area contributed by atoms with Crippen molar-refractivity contribution < 1.29 is 0 Å². The molecule has 0 bridgehead atoms. The molecule has 1 rings (SSSR count). The van der Waals surface area contributed by atoms with Gasteiger partial charge in [-0.25, -0.2) is 0 Å². The maximum atomic E-state index is 6.40. The number of benzene rings is 1. The molecule has 0 unspecified atom stereocenters. The number of likely N-dealkylation sites (N-methyl/N-ethyl adjacent to an activating group) is 1. The first-order valence-corrected chi connectivity index (χ1v) is 6.09. The van der Waals surface area contributed by atoms with Gasteiger partial charge in [-0.2, -0.15) is 0 Å². The Hall–Kier alpha value is -0.240. The molecule has 1 nitrogen and oxygen atoms in total. The van der Waals surface area contributed by atoms with Crippen molar-refractivity contribution in [1.29, 1.82) is 0 Å². The average Bonchev–Trinajstić information content (AvgIpc) is 2.28. The first kappa shape index (κ1) is 12.8. The molecule has 0 N–H and O–H groups in total. The molecule has 0 aliphatic rings. The van der Waals surface area contributed by atoms with Gasteiger partial charge in [-0.05, 0) is 19.5 Å². The molecule has 84 valence electrons. The third-order valence-electron chi connectivity index (χ3n) is 2.67. The predicted molar refractivity (Wildman–Crippen MR) is 67.8 cm³/mol. The summed E-state index contributed by atoms with van der Waals surface area (Å²) >= 11 is 12.1. The molecule has 0 aliphatic carbocycles. The largest absolute Gasteiger partial charge is 0.301 e. The summed E-state index contributed by atoms with van der Waals surface area (Å²) < 4.78 is 0. The molecule has 0 aliphatic heterocycles. The van der Waals surface area contributed by atoms with Crippen LogP contribution in [0, 0.1) is 0 Å². The first-order valence-electron chi connectivity index (χ1n) is 5.12. The topological polar surface area (TPSA) is 3.24 Å². The average molecular weight is 246 g/mol. The lowest BCUT2D eigenvalue weighted by atomic mass is 10.1. The Kier molecular flexibility index (Phi) is 5.44. The quantitative estimate of drug-likeness (QED) is 0.718. The van der Waals surface area contributed by atoms with Gasteiger partial charge in [0.15, 0.2) is 0 Å². The third-order valence-corrected chi connectivity index (χ3v) is 3.46. The van der Waals surface area contributed by atoms with Crippen molar-refractivity contribution in [3.05, 3.63) is 35.9 Å². The van der Waals surface area contributed by atoms with E-state index in [1.165, 1.54) is 0 Å². The Morgan fingerprint density at radius 1 is 1.27 bits per heavy atom. The van der Waals surface area contributed by atoms with Crippen LogP contribution < -0.4 is 0 Å². The van der Waals surface area contributed by atoms with Crippen LogP contribution in [0.25, 0.3) is 0 Å². The van der Waals surface area contributed by atoms with E-state index in [2.05, 4.69) is 24.0 Å². The molecular weight excluding hydrogens is 229 g/mol. The van der Waals surface area contributed by atoms with Crippen LogP contribution in [0.4, 0.5) is 0 Å². The van der Waals surface area contributed by atoms with Crippen LogP contribution in [-0.4, -0.2) is 30.4 Å². The second-order valence-electron chi connectivity index (χ2n) is 3.72. The molecule has 0 aromatic heterocycles. The van der Waals surface area contributed by atoms with E-state index in [-0.39, 0.29) is 11.4 Å². The van der Waals surface area contributed by atoms with E-state index in [1.807, 2.05) is 25.2 Å². The summed E-state index contributed by atoms with van der Waals surface area (Å²) in [6.07, 6.45) is 0. The van der Waals surface area contributed by atoms with E-state index in [0.717, 1.165) is 12.1 Å². The molecule has 15 heavy (non-hydrogen) atoms. The van der Waals surface area contributed by atoms with Crippen LogP contribution in [0.15, 0.2) is 30.3 Å². The number of hydrogen-bond donors (Lipinski definition) is 0. The predicted octanol–water partition coefficient (Wildman–Crippen LogP) is 3.53. The normalized spacial score (nSPS) is 15.3. The summed E-state index contributed by atoms with van der Waals surface area (Å²) in [4.78, 5) is 2.18. The second-order valence-corrected chi connectivity index (χ2v) is 4.57. The van der Waals surface area contributed by atoms with Gasteiger partial charge >= 0.3 is 0 Å².